The number of fused-ring (bicyclic) bond motifs is 2. The smallest absolute Gasteiger partial charge is 0.272 e. The highest BCUT2D eigenvalue weighted by molar-refractivity contribution is 6.31. The fourth-order valence-corrected chi connectivity index (χ4v) is 10.6. The van der Waals surface area contributed by atoms with Gasteiger partial charge in [0.2, 0.25) is 5.91 Å². The topological polar surface area (TPSA) is 180 Å². The maximum atomic E-state index is 13.1. The van der Waals surface area contributed by atoms with E-state index in [1.54, 1.807) is 31.2 Å². The van der Waals surface area contributed by atoms with Crippen molar-refractivity contribution >= 4 is 40.7 Å². The minimum Gasteiger partial charge on any atom is -0.490 e. The van der Waals surface area contributed by atoms with Crippen LogP contribution < -0.4 is 19.9 Å². The minimum absolute atomic E-state index is 0.0291. The minimum atomic E-state index is -0.210. The number of amides is 2. The number of hydrogen-bond donors (Lipinski definition) is 1. The number of hydrogen-bond acceptors (Lipinski definition) is 13. The molecule has 1 N–H and O–H groups in total. The van der Waals surface area contributed by atoms with Crippen LogP contribution in [-0.4, -0.2) is 103 Å². The van der Waals surface area contributed by atoms with E-state index in [9.17, 15) is 9.59 Å². The lowest BCUT2D eigenvalue weighted by Crippen LogP contribution is -2.40. The molecule has 16 nitrogen and oxygen atoms in total. The second-order valence-electron chi connectivity index (χ2n) is 18.6. The molecule has 1 saturated carbocycles. The normalized spacial score (nSPS) is 20.2. The second kappa shape index (κ2) is 20.0. The van der Waals surface area contributed by atoms with Gasteiger partial charge in [-0.15, -0.1) is 10.2 Å². The Hall–Kier alpha value is -6.18. The molecule has 0 atom stereocenters. The summed E-state index contributed by atoms with van der Waals surface area (Å²) in [6, 6.07) is 15.4. The summed E-state index contributed by atoms with van der Waals surface area (Å²) in [5.41, 5.74) is 7.10. The summed E-state index contributed by atoms with van der Waals surface area (Å²) in [5.74, 6) is 3.53. The first-order valence-electron chi connectivity index (χ1n) is 24.0. The Morgan fingerprint density at radius 1 is 0.925 bits per heavy atom. The van der Waals surface area contributed by atoms with Crippen LogP contribution in [0.3, 0.4) is 0 Å². The van der Waals surface area contributed by atoms with E-state index in [4.69, 9.17) is 46.4 Å². The second-order valence-corrected chi connectivity index (χ2v) is 19.0. The van der Waals surface area contributed by atoms with E-state index in [1.807, 2.05) is 23.4 Å². The zero-order valence-electron chi connectivity index (χ0n) is 38.1. The van der Waals surface area contributed by atoms with Crippen molar-refractivity contribution in [1.29, 1.82) is 5.26 Å². The number of nitrogens with one attached hydrogen (secondary N) is 1. The number of carbonyl (C=O) groups is 2. The number of carbonyl (C=O) groups excluding carboxylic acids is 2. The molecule has 1 aromatic carbocycles. The van der Waals surface area contributed by atoms with E-state index >= 15 is 0 Å². The van der Waals surface area contributed by atoms with Gasteiger partial charge in [0, 0.05) is 93.6 Å². The fourth-order valence-electron chi connectivity index (χ4n) is 10.4. The van der Waals surface area contributed by atoms with Crippen LogP contribution in [-0.2, 0) is 35.3 Å². The first-order chi connectivity index (χ1) is 32.8. The van der Waals surface area contributed by atoms with Crippen LogP contribution in [0.2, 0.25) is 5.02 Å². The predicted octanol–water partition coefficient (Wildman–Crippen LogP) is 7.36. The number of rotatable bonds is 11. The van der Waals surface area contributed by atoms with Crippen molar-refractivity contribution in [3.05, 3.63) is 93.8 Å². The van der Waals surface area contributed by atoms with E-state index in [0.29, 0.717) is 52.9 Å². The Morgan fingerprint density at radius 3 is 2.49 bits per heavy atom. The Kier molecular flexibility index (Phi) is 13.3. The Bertz CT molecular complexity index is 2610. The average Bonchev–Trinajstić information content (AvgIpc) is 3.75. The highest BCUT2D eigenvalue weighted by atomic mass is 35.5. The Morgan fingerprint density at radius 2 is 1.76 bits per heavy atom. The predicted molar refractivity (Wildman–Crippen MR) is 252 cm³/mol. The molecular weight excluding hydrogens is 868 g/mol. The number of ether oxygens (including phenoxy) is 2. The van der Waals surface area contributed by atoms with Crippen molar-refractivity contribution in [2.45, 2.75) is 115 Å². The van der Waals surface area contributed by atoms with Gasteiger partial charge in [0.1, 0.15) is 11.8 Å². The van der Waals surface area contributed by atoms with Crippen LogP contribution >= 0.6 is 11.6 Å². The molecule has 0 bridgehead atoms. The number of nitriles is 1. The summed E-state index contributed by atoms with van der Waals surface area (Å²) in [6.45, 7) is 7.03. The fraction of sp³-hybridized carbons (Fsp3) is 0.500. The number of pyridine rings is 1. The largest absolute Gasteiger partial charge is 0.490 e. The third-order valence-electron chi connectivity index (χ3n) is 14.3. The first-order valence-corrected chi connectivity index (χ1v) is 24.4. The maximum absolute atomic E-state index is 13.1. The molecule has 2 saturated heterocycles. The molecule has 5 aromatic rings. The van der Waals surface area contributed by atoms with Crippen LogP contribution in [0.4, 0.5) is 17.3 Å². The van der Waals surface area contributed by atoms with Crippen LogP contribution in [0.1, 0.15) is 116 Å². The molecule has 4 aliphatic heterocycles. The van der Waals surface area contributed by atoms with Gasteiger partial charge >= 0.3 is 0 Å². The Balaban J connectivity index is 0.692. The van der Waals surface area contributed by atoms with Gasteiger partial charge < -0.3 is 29.5 Å². The zero-order valence-corrected chi connectivity index (χ0v) is 38.8. The van der Waals surface area contributed by atoms with Gasteiger partial charge in [0.25, 0.3) is 5.91 Å². The van der Waals surface area contributed by atoms with Crippen molar-refractivity contribution < 1.29 is 19.1 Å². The molecule has 1 aliphatic carbocycles. The van der Waals surface area contributed by atoms with E-state index < -0.39 is 0 Å². The van der Waals surface area contributed by atoms with Crippen LogP contribution in [0.25, 0.3) is 11.4 Å². The summed E-state index contributed by atoms with van der Waals surface area (Å²) in [5, 5.41) is 26.7. The van der Waals surface area contributed by atoms with Gasteiger partial charge in [-0.1, -0.05) is 11.6 Å². The summed E-state index contributed by atoms with van der Waals surface area (Å²) in [6.07, 6.45) is 15.7. The number of anilines is 3. The lowest BCUT2D eigenvalue weighted by molar-refractivity contribution is -0.129. The zero-order chi connectivity index (χ0) is 45.9. The molecule has 348 valence electrons. The molecule has 17 heteroatoms. The molecule has 0 unspecified atom stereocenters. The molecule has 2 amide bonds. The molecule has 4 aromatic heterocycles. The quantitative estimate of drug-likeness (QED) is 0.139. The molecule has 10 rings (SSSR count). The van der Waals surface area contributed by atoms with Crippen molar-refractivity contribution in [3.8, 4) is 23.2 Å². The lowest BCUT2D eigenvalue weighted by atomic mass is 9.91. The molecule has 3 fully saturated rings. The summed E-state index contributed by atoms with van der Waals surface area (Å²) in [4.78, 5) is 46.8. The average molecular weight is 926 g/mol. The SMILES string of the molecule is CC(=O)N1CCc2c(c(N3CCCc4nc(-c5ccc(CCC6CCN(c7ccc(C(=O)NC8CCC(Oc9ccc(C#N)c(Cl)c9)CC8)nn7)CC6)nc5)ncc43)nn2C2CCOCC2)C1. The van der Waals surface area contributed by atoms with Gasteiger partial charge in [-0.2, -0.15) is 10.4 Å². The van der Waals surface area contributed by atoms with Gasteiger partial charge in [-0.25, -0.2) is 9.97 Å². The van der Waals surface area contributed by atoms with Gasteiger partial charge in [0.15, 0.2) is 23.2 Å². The number of halogens is 1. The van der Waals surface area contributed by atoms with Crippen molar-refractivity contribution in [2.75, 3.05) is 49.2 Å². The van der Waals surface area contributed by atoms with Crippen molar-refractivity contribution in [2.24, 2.45) is 5.92 Å². The number of aromatic nitrogens is 7. The number of nitrogens with zero attached hydrogens (tertiary/aromatic N) is 11. The van der Waals surface area contributed by atoms with Gasteiger partial charge in [0.05, 0.1) is 46.9 Å². The van der Waals surface area contributed by atoms with Crippen LogP contribution in [0.15, 0.2) is 54.9 Å². The molecular formula is C50H57ClN12O4. The van der Waals surface area contributed by atoms with Gasteiger partial charge in [-0.05, 0) is 119 Å². The maximum Gasteiger partial charge on any atom is 0.272 e. The van der Waals surface area contributed by atoms with E-state index in [1.165, 1.54) is 5.69 Å². The lowest BCUT2D eigenvalue weighted by Gasteiger charge is -2.32. The molecule has 8 heterocycles. The molecule has 0 radical (unpaired) electrons. The molecule has 5 aliphatic rings. The Labute approximate surface area is 396 Å². The van der Waals surface area contributed by atoms with Gasteiger partial charge in [-0.3, -0.25) is 19.3 Å². The van der Waals surface area contributed by atoms with E-state index in [2.05, 4.69) is 48.2 Å². The third kappa shape index (κ3) is 9.94. The van der Waals surface area contributed by atoms with E-state index in [-0.39, 0.29) is 24.0 Å². The number of aryl methyl sites for hydroxylation is 2. The monoisotopic (exact) mass is 924 g/mol. The van der Waals surface area contributed by atoms with E-state index in [0.717, 1.165) is 156 Å². The third-order valence-corrected chi connectivity index (χ3v) is 14.6. The van der Waals surface area contributed by atoms with Crippen molar-refractivity contribution in [1.82, 2.24) is 45.1 Å². The highest BCUT2D eigenvalue weighted by Crippen LogP contribution is 2.39. The number of piperidine rings is 1. The summed E-state index contributed by atoms with van der Waals surface area (Å²) < 4.78 is 14.0. The molecule has 67 heavy (non-hydrogen) atoms. The highest BCUT2D eigenvalue weighted by Gasteiger charge is 2.34. The molecule has 0 spiro atoms. The van der Waals surface area contributed by atoms with Crippen LogP contribution in [0, 0.1) is 17.2 Å². The first kappa shape index (κ1) is 44.6. The van der Waals surface area contributed by atoms with Crippen molar-refractivity contribution in [3.63, 3.8) is 0 Å². The summed E-state index contributed by atoms with van der Waals surface area (Å²) >= 11 is 6.17. The summed E-state index contributed by atoms with van der Waals surface area (Å²) in [7, 11) is 0. The standard InChI is InChI=1S/C50H57ClN12O4/c1-32(64)61-24-18-45-41(31-61)49(59-63(45)38-19-25-66-26-20-38)62-21-2-3-43-46(62)30-54-48(56-43)35-5-8-36(53-29-35)7-4-33-16-22-60(23-17-33)47-15-14-44(57-58-47)50(65)55-37-9-12-39(13-10-37)67-40-11-6-34(28-52)42(51)27-40/h5-6,8,11,14-15,27,29-30,33,37-39H,2-4,7,9-10,12-13,16-26,31H2,1H3,(H,55,65). The number of benzene rings is 1. The van der Waals surface area contributed by atoms with Crippen LogP contribution in [0.5, 0.6) is 5.75 Å².